The highest BCUT2D eigenvalue weighted by atomic mass is 16.1. The van der Waals surface area contributed by atoms with Gasteiger partial charge in [0, 0.05) is 6.04 Å². The molecule has 0 aliphatic heterocycles. The highest BCUT2D eigenvalue weighted by molar-refractivity contribution is 5.92. The van der Waals surface area contributed by atoms with Gasteiger partial charge in [-0.1, -0.05) is 13.3 Å². The molecule has 0 fully saturated rings. The Morgan fingerprint density at radius 2 is 2.40 bits per heavy atom. The van der Waals surface area contributed by atoms with E-state index in [1.807, 2.05) is 12.8 Å². The quantitative estimate of drug-likeness (QED) is 0.579. The first kappa shape index (κ1) is 9.03. The minimum Gasteiger partial charge on any atom is -0.343 e. The van der Waals surface area contributed by atoms with Gasteiger partial charge in [0.15, 0.2) is 0 Å². The normalized spacial score (nSPS) is 11.7. The van der Waals surface area contributed by atoms with Crippen LogP contribution in [-0.2, 0) is 4.79 Å². The molecule has 1 amide bonds. The predicted octanol–water partition coefficient (Wildman–Crippen LogP) is 0.924. The zero-order valence-electron chi connectivity index (χ0n) is 6.48. The zero-order valence-corrected chi connectivity index (χ0v) is 6.48. The Morgan fingerprint density at radius 1 is 1.80 bits per heavy atom. The minimum absolute atomic E-state index is 0.202. The van der Waals surface area contributed by atoms with Crippen LogP contribution in [0.15, 0.2) is 0 Å². The SMILES string of the molecule is C#CC(=O)NC(C)CCC. The predicted molar refractivity (Wildman–Crippen MR) is 41.3 cm³/mol. The van der Waals surface area contributed by atoms with Crippen molar-refractivity contribution < 1.29 is 4.79 Å². The summed E-state index contributed by atoms with van der Waals surface area (Å²) < 4.78 is 0. The molecule has 2 nitrogen and oxygen atoms in total. The molecule has 1 unspecified atom stereocenters. The van der Waals surface area contributed by atoms with Gasteiger partial charge >= 0.3 is 0 Å². The van der Waals surface area contributed by atoms with Gasteiger partial charge in [0.25, 0.3) is 5.91 Å². The average Bonchev–Trinajstić information content (AvgIpc) is 1.88. The molecule has 0 aromatic carbocycles. The molecule has 0 rings (SSSR count). The van der Waals surface area contributed by atoms with Crippen molar-refractivity contribution in [2.45, 2.75) is 32.7 Å². The van der Waals surface area contributed by atoms with Gasteiger partial charge in [-0.25, -0.2) is 0 Å². The molecule has 2 heteroatoms. The molecule has 0 heterocycles. The highest BCUT2D eigenvalue weighted by Gasteiger charge is 2.01. The molecule has 0 aromatic rings. The van der Waals surface area contributed by atoms with Gasteiger partial charge in [-0.15, -0.1) is 6.42 Å². The van der Waals surface area contributed by atoms with Crippen LogP contribution in [0.25, 0.3) is 0 Å². The van der Waals surface area contributed by atoms with Gasteiger partial charge in [0.2, 0.25) is 0 Å². The maximum absolute atomic E-state index is 10.5. The van der Waals surface area contributed by atoms with E-state index in [9.17, 15) is 4.79 Å². The van der Waals surface area contributed by atoms with Crippen LogP contribution in [-0.4, -0.2) is 11.9 Å². The molecule has 10 heavy (non-hydrogen) atoms. The fourth-order valence-electron chi connectivity index (χ4n) is 0.771. The Kier molecular flexibility index (Phi) is 4.39. The lowest BCUT2D eigenvalue weighted by Crippen LogP contribution is -2.30. The molecule has 0 radical (unpaired) electrons. The molecular formula is C8H13NO. The summed E-state index contributed by atoms with van der Waals surface area (Å²) in [6, 6.07) is 0.202. The molecule has 0 aliphatic carbocycles. The van der Waals surface area contributed by atoms with Crippen molar-refractivity contribution >= 4 is 5.91 Å². The van der Waals surface area contributed by atoms with Crippen LogP contribution in [0.2, 0.25) is 0 Å². The highest BCUT2D eigenvalue weighted by Crippen LogP contribution is 1.93. The molecule has 56 valence electrons. The van der Waals surface area contributed by atoms with Crippen molar-refractivity contribution in [1.29, 1.82) is 0 Å². The molecule has 0 aliphatic rings. The first-order valence-corrected chi connectivity index (χ1v) is 3.47. The van der Waals surface area contributed by atoms with Gasteiger partial charge in [0.1, 0.15) is 0 Å². The van der Waals surface area contributed by atoms with Crippen molar-refractivity contribution in [3.05, 3.63) is 0 Å². The summed E-state index contributed by atoms with van der Waals surface area (Å²) in [5, 5.41) is 2.66. The van der Waals surface area contributed by atoms with Crippen molar-refractivity contribution in [1.82, 2.24) is 5.32 Å². The Labute approximate surface area is 62.0 Å². The monoisotopic (exact) mass is 139 g/mol. The molecule has 0 saturated heterocycles. The van der Waals surface area contributed by atoms with E-state index in [0.717, 1.165) is 12.8 Å². The van der Waals surface area contributed by atoms with E-state index in [4.69, 9.17) is 6.42 Å². The maximum Gasteiger partial charge on any atom is 0.295 e. The molecule has 0 bridgehead atoms. The molecule has 0 saturated carbocycles. The van der Waals surface area contributed by atoms with Crippen molar-refractivity contribution in [3.63, 3.8) is 0 Å². The van der Waals surface area contributed by atoms with Crippen LogP contribution in [0.4, 0.5) is 0 Å². The smallest absolute Gasteiger partial charge is 0.295 e. The fourth-order valence-corrected chi connectivity index (χ4v) is 0.771. The van der Waals surface area contributed by atoms with E-state index in [-0.39, 0.29) is 11.9 Å². The van der Waals surface area contributed by atoms with Crippen LogP contribution in [0.3, 0.4) is 0 Å². The first-order chi connectivity index (χ1) is 4.70. The fraction of sp³-hybridized carbons (Fsp3) is 0.625. The van der Waals surface area contributed by atoms with Gasteiger partial charge in [-0.3, -0.25) is 4.79 Å². The number of terminal acetylenes is 1. The minimum atomic E-state index is -0.319. The number of hydrogen-bond donors (Lipinski definition) is 1. The third-order valence-corrected chi connectivity index (χ3v) is 1.23. The van der Waals surface area contributed by atoms with E-state index in [1.54, 1.807) is 0 Å². The topological polar surface area (TPSA) is 29.1 Å². The molecule has 1 N–H and O–H groups in total. The summed E-state index contributed by atoms with van der Waals surface area (Å²) in [5.41, 5.74) is 0. The van der Waals surface area contributed by atoms with E-state index >= 15 is 0 Å². The van der Waals surface area contributed by atoms with Crippen molar-refractivity contribution in [2.24, 2.45) is 0 Å². The van der Waals surface area contributed by atoms with Crippen LogP contribution >= 0.6 is 0 Å². The van der Waals surface area contributed by atoms with E-state index in [1.165, 1.54) is 0 Å². The van der Waals surface area contributed by atoms with Gasteiger partial charge in [-0.05, 0) is 19.3 Å². The summed E-state index contributed by atoms with van der Waals surface area (Å²) >= 11 is 0. The van der Waals surface area contributed by atoms with E-state index in [2.05, 4.69) is 12.2 Å². The van der Waals surface area contributed by atoms with E-state index in [0.29, 0.717) is 0 Å². The second-order valence-corrected chi connectivity index (χ2v) is 2.31. The number of amides is 1. The van der Waals surface area contributed by atoms with Crippen molar-refractivity contribution in [3.8, 4) is 12.3 Å². The lowest BCUT2D eigenvalue weighted by atomic mass is 10.2. The van der Waals surface area contributed by atoms with Crippen LogP contribution in [0, 0.1) is 12.3 Å². The lowest BCUT2D eigenvalue weighted by Gasteiger charge is -2.08. The molecular weight excluding hydrogens is 126 g/mol. The second kappa shape index (κ2) is 4.87. The Balaban J connectivity index is 3.49. The third-order valence-electron chi connectivity index (χ3n) is 1.23. The Bertz CT molecular complexity index is 146. The van der Waals surface area contributed by atoms with E-state index < -0.39 is 0 Å². The van der Waals surface area contributed by atoms with Crippen LogP contribution in [0.1, 0.15) is 26.7 Å². The summed E-state index contributed by atoms with van der Waals surface area (Å²) in [6.45, 7) is 4.01. The Hall–Kier alpha value is -0.970. The maximum atomic E-state index is 10.5. The number of carbonyl (C=O) groups excluding carboxylic acids is 1. The summed E-state index contributed by atoms with van der Waals surface area (Å²) in [6.07, 6.45) is 6.90. The average molecular weight is 139 g/mol. The summed E-state index contributed by atoms with van der Waals surface area (Å²) in [5.74, 6) is 1.69. The lowest BCUT2D eigenvalue weighted by molar-refractivity contribution is -0.116. The number of rotatable bonds is 3. The van der Waals surface area contributed by atoms with Crippen LogP contribution < -0.4 is 5.32 Å². The second-order valence-electron chi connectivity index (χ2n) is 2.31. The summed E-state index contributed by atoms with van der Waals surface area (Å²) in [7, 11) is 0. The largest absolute Gasteiger partial charge is 0.343 e. The van der Waals surface area contributed by atoms with Gasteiger partial charge in [-0.2, -0.15) is 0 Å². The van der Waals surface area contributed by atoms with Crippen LogP contribution in [0.5, 0.6) is 0 Å². The molecule has 1 atom stereocenters. The Morgan fingerprint density at radius 3 is 2.80 bits per heavy atom. The van der Waals surface area contributed by atoms with Gasteiger partial charge in [0.05, 0.1) is 0 Å². The molecule has 0 spiro atoms. The number of carbonyl (C=O) groups is 1. The first-order valence-electron chi connectivity index (χ1n) is 3.47. The number of hydrogen-bond acceptors (Lipinski definition) is 1. The van der Waals surface area contributed by atoms with Crippen molar-refractivity contribution in [2.75, 3.05) is 0 Å². The zero-order chi connectivity index (χ0) is 7.98. The number of nitrogens with one attached hydrogen (secondary N) is 1. The summed E-state index contributed by atoms with van der Waals surface area (Å²) in [4.78, 5) is 10.5. The third kappa shape index (κ3) is 3.96. The molecule has 0 aromatic heterocycles. The van der Waals surface area contributed by atoms with Gasteiger partial charge < -0.3 is 5.32 Å². The standard InChI is InChI=1S/C8H13NO/c1-4-6-7(3)9-8(10)5-2/h2,7H,4,6H2,1,3H3,(H,9,10).